The second kappa shape index (κ2) is 9.15. The molecule has 0 radical (unpaired) electrons. The van der Waals surface area contributed by atoms with Crippen LogP contribution in [0.25, 0.3) is 0 Å². The summed E-state index contributed by atoms with van der Waals surface area (Å²) in [5, 5.41) is 0. The molecule has 24 heavy (non-hydrogen) atoms. The maximum Gasteiger partial charge on any atom is 0.344 e. The normalized spacial score (nSPS) is 17.2. The van der Waals surface area contributed by atoms with E-state index < -0.39 is 5.97 Å². The van der Waals surface area contributed by atoms with E-state index in [0.717, 1.165) is 32.2 Å². The number of likely N-dealkylation sites (tertiary alicyclic amines) is 1. The van der Waals surface area contributed by atoms with Gasteiger partial charge in [0.1, 0.15) is 0 Å². The number of benzene rings is 1. The molecule has 0 saturated carbocycles. The Morgan fingerprint density at radius 2 is 1.92 bits per heavy atom. The fourth-order valence-corrected chi connectivity index (χ4v) is 2.89. The highest BCUT2D eigenvalue weighted by Crippen LogP contribution is 2.25. The molecule has 0 N–H and O–H groups in total. The Kier molecular flexibility index (Phi) is 6.90. The Hall–Kier alpha value is -2.24. The molecule has 0 bridgehead atoms. The smallest absolute Gasteiger partial charge is 0.344 e. The number of carbonyl (C=O) groups is 2. The maximum absolute atomic E-state index is 12.2. The van der Waals surface area contributed by atoms with Gasteiger partial charge in [0, 0.05) is 12.6 Å². The van der Waals surface area contributed by atoms with E-state index in [-0.39, 0.29) is 25.2 Å². The largest absolute Gasteiger partial charge is 0.493 e. The van der Waals surface area contributed by atoms with Gasteiger partial charge >= 0.3 is 5.97 Å². The van der Waals surface area contributed by atoms with Crippen LogP contribution in [0.5, 0.6) is 11.5 Å². The van der Waals surface area contributed by atoms with Gasteiger partial charge in [-0.25, -0.2) is 4.79 Å². The average Bonchev–Trinajstić information content (AvgIpc) is 2.64. The Labute approximate surface area is 142 Å². The molecule has 1 aliphatic heterocycles. The minimum Gasteiger partial charge on any atom is -0.493 e. The van der Waals surface area contributed by atoms with E-state index in [0.29, 0.717) is 11.5 Å². The summed E-state index contributed by atoms with van der Waals surface area (Å²) in [6.07, 6.45) is 4.10. The standard InChI is InChI=1S/C18H25NO5/c1-3-14-8-6-7-11-19(14)17(20)12-24-18(21)13-23-16-10-5-4-9-15(16)22-2/h4-5,9-10,14H,3,6-8,11-13H2,1-2H3/t14-/m0/s1. The number of amides is 1. The minimum atomic E-state index is -0.570. The van der Waals surface area contributed by atoms with Crippen LogP contribution in [0.3, 0.4) is 0 Å². The molecule has 1 aromatic rings. The maximum atomic E-state index is 12.2. The fraction of sp³-hybridized carbons (Fsp3) is 0.556. The number of para-hydroxylation sites is 2. The van der Waals surface area contributed by atoms with E-state index in [1.54, 1.807) is 18.2 Å². The summed E-state index contributed by atoms with van der Waals surface area (Å²) in [6, 6.07) is 7.30. The van der Waals surface area contributed by atoms with Crippen molar-refractivity contribution in [2.45, 2.75) is 38.6 Å². The minimum absolute atomic E-state index is 0.132. The van der Waals surface area contributed by atoms with E-state index in [4.69, 9.17) is 14.2 Å². The number of rotatable bonds is 7. The lowest BCUT2D eigenvalue weighted by Gasteiger charge is -2.35. The third kappa shape index (κ3) is 4.88. The number of piperidine rings is 1. The summed E-state index contributed by atoms with van der Waals surface area (Å²) < 4.78 is 15.6. The van der Waals surface area contributed by atoms with Gasteiger partial charge in [-0.1, -0.05) is 19.1 Å². The highest BCUT2D eigenvalue weighted by molar-refractivity contribution is 5.81. The van der Waals surface area contributed by atoms with Crippen LogP contribution in [0.2, 0.25) is 0 Å². The van der Waals surface area contributed by atoms with Crippen molar-refractivity contribution in [2.75, 3.05) is 26.9 Å². The van der Waals surface area contributed by atoms with Gasteiger partial charge in [-0.15, -0.1) is 0 Å². The van der Waals surface area contributed by atoms with E-state index in [2.05, 4.69) is 6.92 Å². The van der Waals surface area contributed by atoms with Gasteiger partial charge in [0.25, 0.3) is 5.91 Å². The van der Waals surface area contributed by atoms with E-state index in [1.807, 2.05) is 11.0 Å². The monoisotopic (exact) mass is 335 g/mol. The third-order valence-corrected chi connectivity index (χ3v) is 4.19. The molecule has 1 saturated heterocycles. The number of ether oxygens (including phenoxy) is 3. The number of methoxy groups -OCH3 is 1. The molecule has 0 spiro atoms. The van der Waals surface area contributed by atoms with Crippen LogP contribution < -0.4 is 9.47 Å². The van der Waals surface area contributed by atoms with Crippen molar-refractivity contribution in [2.24, 2.45) is 0 Å². The van der Waals surface area contributed by atoms with Crippen molar-refractivity contribution in [3.8, 4) is 11.5 Å². The molecule has 1 amide bonds. The Bertz CT molecular complexity index is 560. The lowest BCUT2D eigenvalue weighted by Crippen LogP contribution is -2.45. The van der Waals surface area contributed by atoms with Gasteiger partial charge in [0.2, 0.25) is 0 Å². The SMILES string of the molecule is CC[C@H]1CCCCN1C(=O)COC(=O)COc1ccccc1OC. The zero-order valence-corrected chi connectivity index (χ0v) is 14.3. The first-order chi connectivity index (χ1) is 11.7. The van der Waals surface area contributed by atoms with Crippen LogP contribution in [0.1, 0.15) is 32.6 Å². The highest BCUT2D eigenvalue weighted by Gasteiger charge is 2.25. The number of hydrogen-bond acceptors (Lipinski definition) is 5. The number of hydrogen-bond donors (Lipinski definition) is 0. The topological polar surface area (TPSA) is 65.1 Å². The van der Waals surface area contributed by atoms with Crippen LogP contribution in [0.15, 0.2) is 24.3 Å². The van der Waals surface area contributed by atoms with Gasteiger partial charge in [0.15, 0.2) is 24.7 Å². The molecule has 1 aliphatic rings. The molecule has 2 rings (SSSR count). The summed E-state index contributed by atoms with van der Waals surface area (Å²) in [6.45, 7) is 2.32. The second-order valence-electron chi connectivity index (χ2n) is 5.75. The van der Waals surface area contributed by atoms with E-state index in [1.165, 1.54) is 7.11 Å². The summed E-state index contributed by atoms with van der Waals surface area (Å²) in [7, 11) is 1.53. The predicted octanol–water partition coefficient (Wildman–Crippen LogP) is 2.41. The molecule has 1 heterocycles. The number of nitrogens with zero attached hydrogens (tertiary/aromatic N) is 1. The van der Waals surface area contributed by atoms with Gasteiger partial charge in [-0.05, 0) is 37.8 Å². The third-order valence-electron chi connectivity index (χ3n) is 4.19. The van der Waals surface area contributed by atoms with Crippen molar-refractivity contribution in [1.29, 1.82) is 0 Å². The second-order valence-corrected chi connectivity index (χ2v) is 5.75. The quantitative estimate of drug-likeness (QED) is 0.716. The summed E-state index contributed by atoms with van der Waals surface area (Å²) in [4.78, 5) is 25.9. The zero-order chi connectivity index (χ0) is 17.4. The fourth-order valence-electron chi connectivity index (χ4n) is 2.89. The first-order valence-electron chi connectivity index (χ1n) is 8.36. The molecule has 0 aliphatic carbocycles. The Morgan fingerprint density at radius 3 is 2.62 bits per heavy atom. The van der Waals surface area contributed by atoms with Crippen molar-refractivity contribution < 1.29 is 23.8 Å². The molecule has 6 heteroatoms. The van der Waals surface area contributed by atoms with Crippen LogP contribution in [-0.4, -0.2) is 49.7 Å². The Balaban J connectivity index is 1.77. The van der Waals surface area contributed by atoms with Crippen molar-refractivity contribution in [1.82, 2.24) is 4.90 Å². The van der Waals surface area contributed by atoms with Gasteiger partial charge in [-0.2, -0.15) is 0 Å². The number of carbonyl (C=O) groups excluding carboxylic acids is 2. The Morgan fingerprint density at radius 1 is 1.17 bits per heavy atom. The molecule has 1 fully saturated rings. The first kappa shape index (κ1) is 18.1. The summed E-state index contributed by atoms with van der Waals surface area (Å²) in [5.74, 6) is 0.303. The molecular formula is C18H25NO5. The van der Waals surface area contributed by atoms with Crippen molar-refractivity contribution in [3.05, 3.63) is 24.3 Å². The first-order valence-corrected chi connectivity index (χ1v) is 8.36. The van der Waals surface area contributed by atoms with Gasteiger partial charge in [-0.3, -0.25) is 4.79 Å². The van der Waals surface area contributed by atoms with Gasteiger partial charge < -0.3 is 19.1 Å². The molecule has 1 aromatic carbocycles. The van der Waals surface area contributed by atoms with Crippen LogP contribution in [0, 0.1) is 0 Å². The van der Waals surface area contributed by atoms with Crippen LogP contribution in [0.4, 0.5) is 0 Å². The van der Waals surface area contributed by atoms with Crippen LogP contribution >= 0.6 is 0 Å². The predicted molar refractivity (Wildman–Crippen MR) is 89.1 cm³/mol. The molecule has 1 atom stereocenters. The lowest BCUT2D eigenvalue weighted by molar-refractivity contribution is -0.155. The summed E-state index contributed by atoms with van der Waals surface area (Å²) in [5.41, 5.74) is 0. The van der Waals surface area contributed by atoms with Gasteiger partial charge in [0.05, 0.1) is 7.11 Å². The average molecular weight is 335 g/mol. The zero-order valence-electron chi connectivity index (χ0n) is 14.3. The van der Waals surface area contributed by atoms with Crippen molar-refractivity contribution in [3.63, 3.8) is 0 Å². The molecule has 6 nitrogen and oxygen atoms in total. The van der Waals surface area contributed by atoms with E-state index >= 15 is 0 Å². The van der Waals surface area contributed by atoms with E-state index in [9.17, 15) is 9.59 Å². The lowest BCUT2D eigenvalue weighted by atomic mass is 10.00. The number of esters is 1. The van der Waals surface area contributed by atoms with Crippen molar-refractivity contribution >= 4 is 11.9 Å². The van der Waals surface area contributed by atoms with Crippen LogP contribution in [-0.2, 0) is 14.3 Å². The summed E-state index contributed by atoms with van der Waals surface area (Å²) >= 11 is 0. The molecule has 0 aromatic heterocycles. The molecule has 132 valence electrons. The molecular weight excluding hydrogens is 310 g/mol. The molecule has 0 unspecified atom stereocenters. The highest BCUT2D eigenvalue weighted by atomic mass is 16.6.